The highest BCUT2D eigenvalue weighted by Gasteiger charge is 2.21. The van der Waals surface area contributed by atoms with Crippen molar-refractivity contribution >= 4 is 5.91 Å². The zero-order valence-electron chi connectivity index (χ0n) is 14.0. The Morgan fingerprint density at radius 2 is 2.04 bits per heavy atom. The number of amides is 1. The summed E-state index contributed by atoms with van der Waals surface area (Å²) in [6.07, 6.45) is 4.78. The van der Waals surface area contributed by atoms with Gasteiger partial charge in [0.05, 0.1) is 12.6 Å². The molecule has 0 bridgehead atoms. The Bertz CT molecular complexity index is 608. The van der Waals surface area contributed by atoms with Crippen molar-refractivity contribution in [2.75, 3.05) is 6.61 Å². The predicted octanol–water partition coefficient (Wildman–Crippen LogP) is 3.09. The number of carbonyl (C=O) groups excluding carboxylic acids is 1. The molecule has 0 saturated heterocycles. The van der Waals surface area contributed by atoms with Crippen LogP contribution in [0.15, 0.2) is 42.7 Å². The Hall–Kier alpha value is -2.30. The van der Waals surface area contributed by atoms with Crippen LogP contribution in [-0.4, -0.2) is 22.1 Å². The van der Waals surface area contributed by atoms with Gasteiger partial charge in [0.25, 0.3) is 0 Å². The Morgan fingerprint density at radius 3 is 2.65 bits per heavy atom. The Balaban J connectivity index is 1.78. The second kappa shape index (κ2) is 8.36. The van der Waals surface area contributed by atoms with E-state index in [1.165, 1.54) is 0 Å². The third-order valence-electron chi connectivity index (χ3n) is 3.68. The smallest absolute Gasteiger partial charge is 0.220 e. The molecule has 2 rings (SSSR count). The van der Waals surface area contributed by atoms with Crippen molar-refractivity contribution in [2.45, 2.75) is 32.7 Å². The van der Waals surface area contributed by atoms with E-state index in [1.807, 2.05) is 48.1 Å². The number of imidazole rings is 1. The largest absolute Gasteiger partial charge is 0.494 e. The van der Waals surface area contributed by atoms with Crippen molar-refractivity contribution in [1.82, 2.24) is 14.9 Å². The Morgan fingerprint density at radius 1 is 1.30 bits per heavy atom. The molecule has 5 heteroatoms. The summed E-state index contributed by atoms with van der Waals surface area (Å²) < 4.78 is 7.55. The number of hydrogen-bond acceptors (Lipinski definition) is 3. The molecule has 0 aliphatic heterocycles. The summed E-state index contributed by atoms with van der Waals surface area (Å²) in [4.78, 5) is 16.5. The monoisotopic (exact) mass is 315 g/mol. The summed E-state index contributed by atoms with van der Waals surface area (Å²) in [6, 6.07) is 9.57. The van der Waals surface area contributed by atoms with Crippen LogP contribution in [-0.2, 0) is 11.8 Å². The number of carbonyl (C=O) groups is 1. The maximum Gasteiger partial charge on any atom is 0.220 e. The van der Waals surface area contributed by atoms with Gasteiger partial charge in [0.1, 0.15) is 11.6 Å². The highest BCUT2D eigenvalue weighted by Crippen LogP contribution is 2.19. The molecule has 1 amide bonds. The number of aromatic nitrogens is 2. The van der Waals surface area contributed by atoms with Crippen LogP contribution in [0.3, 0.4) is 0 Å². The molecule has 1 heterocycles. The first-order chi connectivity index (χ1) is 11.1. The van der Waals surface area contributed by atoms with Crippen LogP contribution < -0.4 is 10.1 Å². The summed E-state index contributed by atoms with van der Waals surface area (Å²) in [5.74, 6) is 2.03. The zero-order chi connectivity index (χ0) is 16.7. The normalized spacial score (nSPS) is 12.2. The lowest BCUT2D eigenvalue weighted by molar-refractivity contribution is -0.122. The van der Waals surface area contributed by atoms with Gasteiger partial charge >= 0.3 is 0 Å². The maximum absolute atomic E-state index is 12.2. The second-order valence-electron chi connectivity index (χ2n) is 5.95. The van der Waals surface area contributed by atoms with Crippen LogP contribution in [0.2, 0.25) is 0 Å². The van der Waals surface area contributed by atoms with Gasteiger partial charge in [-0.1, -0.05) is 32.0 Å². The van der Waals surface area contributed by atoms with Crippen LogP contribution in [0.4, 0.5) is 0 Å². The van der Waals surface area contributed by atoms with E-state index in [0.29, 0.717) is 19.4 Å². The molecule has 1 atom stereocenters. The van der Waals surface area contributed by atoms with Crippen LogP contribution in [0.5, 0.6) is 5.75 Å². The van der Waals surface area contributed by atoms with Gasteiger partial charge in [0, 0.05) is 25.9 Å². The van der Waals surface area contributed by atoms with E-state index in [0.717, 1.165) is 11.6 Å². The first-order valence-electron chi connectivity index (χ1n) is 8.02. The molecular weight excluding hydrogens is 290 g/mol. The molecule has 1 N–H and O–H groups in total. The van der Waals surface area contributed by atoms with Crippen molar-refractivity contribution in [1.29, 1.82) is 0 Å². The lowest BCUT2D eigenvalue weighted by Gasteiger charge is -2.22. The summed E-state index contributed by atoms with van der Waals surface area (Å²) >= 11 is 0. The van der Waals surface area contributed by atoms with Crippen molar-refractivity contribution in [3.8, 4) is 5.75 Å². The summed E-state index contributed by atoms with van der Waals surface area (Å²) in [6.45, 7) is 4.70. The summed E-state index contributed by atoms with van der Waals surface area (Å²) in [7, 11) is 1.94. The highest BCUT2D eigenvalue weighted by molar-refractivity contribution is 5.76. The predicted molar refractivity (Wildman–Crippen MR) is 90.1 cm³/mol. The van der Waals surface area contributed by atoms with E-state index < -0.39 is 0 Å². The third kappa shape index (κ3) is 5.13. The van der Waals surface area contributed by atoms with Gasteiger partial charge in [-0.05, 0) is 24.5 Å². The number of hydrogen-bond donors (Lipinski definition) is 1. The molecule has 1 aromatic heterocycles. The SMILES string of the molecule is CC(C)C(NC(=O)CCCOc1ccccc1)c1nccn1C. The fraction of sp³-hybridized carbons (Fsp3) is 0.444. The average molecular weight is 315 g/mol. The van der Waals surface area contributed by atoms with E-state index in [-0.39, 0.29) is 17.9 Å². The van der Waals surface area contributed by atoms with E-state index in [1.54, 1.807) is 6.20 Å². The highest BCUT2D eigenvalue weighted by atomic mass is 16.5. The minimum atomic E-state index is -0.0717. The summed E-state index contributed by atoms with van der Waals surface area (Å²) in [5, 5.41) is 3.08. The first-order valence-corrected chi connectivity index (χ1v) is 8.02. The van der Waals surface area contributed by atoms with Gasteiger partial charge in [-0.25, -0.2) is 4.98 Å². The van der Waals surface area contributed by atoms with E-state index in [2.05, 4.69) is 24.1 Å². The Labute approximate surface area is 137 Å². The number of rotatable bonds is 8. The molecule has 1 unspecified atom stereocenters. The zero-order valence-corrected chi connectivity index (χ0v) is 14.0. The molecule has 1 aromatic carbocycles. The fourth-order valence-corrected chi connectivity index (χ4v) is 2.39. The maximum atomic E-state index is 12.2. The van der Waals surface area contributed by atoms with Crippen molar-refractivity contribution < 1.29 is 9.53 Å². The molecule has 0 saturated carbocycles. The number of nitrogens with zero attached hydrogens (tertiary/aromatic N) is 2. The standard InChI is InChI=1S/C18H25N3O2/c1-14(2)17(18-19-11-12-21(18)3)20-16(22)10-7-13-23-15-8-5-4-6-9-15/h4-6,8-9,11-12,14,17H,7,10,13H2,1-3H3,(H,20,22). The minimum Gasteiger partial charge on any atom is -0.494 e. The van der Waals surface area contributed by atoms with Gasteiger partial charge < -0.3 is 14.6 Å². The Kier molecular flexibility index (Phi) is 6.20. The van der Waals surface area contributed by atoms with Gasteiger partial charge in [0.2, 0.25) is 5.91 Å². The topological polar surface area (TPSA) is 56.1 Å². The molecule has 0 radical (unpaired) electrons. The van der Waals surface area contributed by atoms with Crippen molar-refractivity contribution in [3.63, 3.8) is 0 Å². The van der Waals surface area contributed by atoms with Gasteiger partial charge in [-0.15, -0.1) is 0 Å². The quantitative estimate of drug-likeness (QED) is 0.762. The second-order valence-corrected chi connectivity index (χ2v) is 5.95. The first kappa shape index (κ1) is 17.1. The average Bonchev–Trinajstić information content (AvgIpc) is 2.96. The summed E-state index contributed by atoms with van der Waals surface area (Å²) in [5.41, 5.74) is 0. The van der Waals surface area contributed by atoms with E-state index >= 15 is 0 Å². The molecule has 23 heavy (non-hydrogen) atoms. The van der Waals surface area contributed by atoms with E-state index in [4.69, 9.17) is 4.74 Å². The van der Waals surface area contributed by atoms with Crippen LogP contribution >= 0.6 is 0 Å². The van der Waals surface area contributed by atoms with Gasteiger partial charge in [-0.2, -0.15) is 0 Å². The van der Waals surface area contributed by atoms with E-state index in [9.17, 15) is 4.79 Å². The molecule has 0 aliphatic rings. The number of nitrogens with one attached hydrogen (secondary N) is 1. The molecular formula is C18H25N3O2. The lowest BCUT2D eigenvalue weighted by atomic mass is 10.0. The number of para-hydroxylation sites is 1. The van der Waals surface area contributed by atoms with Gasteiger partial charge in [-0.3, -0.25) is 4.79 Å². The number of ether oxygens (including phenoxy) is 1. The fourth-order valence-electron chi connectivity index (χ4n) is 2.39. The third-order valence-corrected chi connectivity index (χ3v) is 3.68. The van der Waals surface area contributed by atoms with Gasteiger partial charge in [0.15, 0.2) is 0 Å². The lowest BCUT2D eigenvalue weighted by Crippen LogP contribution is -2.33. The molecule has 5 nitrogen and oxygen atoms in total. The van der Waals surface area contributed by atoms with Crippen LogP contribution in [0.25, 0.3) is 0 Å². The molecule has 0 fully saturated rings. The minimum absolute atomic E-state index is 0.0309. The molecule has 0 aliphatic carbocycles. The van der Waals surface area contributed by atoms with Crippen LogP contribution in [0, 0.1) is 5.92 Å². The van der Waals surface area contributed by atoms with Crippen LogP contribution in [0.1, 0.15) is 38.6 Å². The van der Waals surface area contributed by atoms with Crippen molar-refractivity contribution in [3.05, 3.63) is 48.5 Å². The molecule has 2 aromatic rings. The number of benzene rings is 1. The van der Waals surface area contributed by atoms with Crippen molar-refractivity contribution in [2.24, 2.45) is 13.0 Å². The number of aryl methyl sites for hydroxylation is 1. The molecule has 0 spiro atoms. The molecule has 124 valence electrons.